The lowest BCUT2D eigenvalue weighted by atomic mass is 9.75. The Kier molecular flexibility index (Phi) is 10.1. The second-order valence-electron chi connectivity index (χ2n) is 8.67. The van der Waals surface area contributed by atoms with Crippen LogP contribution in [0.1, 0.15) is 51.7 Å². The van der Waals surface area contributed by atoms with Crippen molar-refractivity contribution in [3.63, 3.8) is 0 Å². The first-order valence-electron chi connectivity index (χ1n) is 11.1. The number of methoxy groups -OCH3 is 1. The second kappa shape index (κ2) is 12.3. The second-order valence-corrected chi connectivity index (χ2v) is 10.1. The van der Waals surface area contributed by atoms with Crippen molar-refractivity contribution in [3.05, 3.63) is 58.6 Å². The van der Waals surface area contributed by atoms with Crippen LogP contribution in [-0.2, 0) is 26.5 Å². The van der Waals surface area contributed by atoms with Gasteiger partial charge in [0, 0.05) is 22.1 Å². The number of halogens is 1. The molecule has 0 spiro atoms. The van der Waals surface area contributed by atoms with Crippen LogP contribution in [0, 0.1) is 11.3 Å². The van der Waals surface area contributed by atoms with Crippen LogP contribution in [0.5, 0.6) is 5.75 Å². The van der Waals surface area contributed by atoms with Gasteiger partial charge in [0.2, 0.25) is 0 Å². The minimum atomic E-state index is -1.67. The van der Waals surface area contributed by atoms with Gasteiger partial charge >= 0.3 is 11.9 Å². The highest BCUT2D eigenvalue weighted by Crippen LogP contribution is 2.38. The highest BCUT2D eigenvalue weighted by molar-refractivity contribution is 7.98. The molecule has 1 N–H and O–H groups in total. The number of esters is 1. The van der Waals surface area contributed by atoms with Gasteiger partial charge < -0.3 is 14.6 Å². The third-order valence-corrected chi connectivity index (χ3v) is 6.92. The fourth-order valence-electron chi connectivity index (χ4n) is 3.57. The molecular weight excluding hydrogens is 460 g/mol. The van der Waals surface area contributed by atoms with E-state index < -0.39 is 17.4 Å². The van der Waals surface area contributed by atoms with Crippen molar-refractivity contribution in [3.8, 4) is 5.75 Å². The number of rotatable bonds is 12. The van der Waals surface area contributed by atoms with Crippen molar-refractivity contribution in [2.24, 2.45) is 11.3 Å². The Hall–Kier alpha value is -2.18. The van der Waals surface area contributed by atoms with E-state index >= 15 is 0 Å². The zero-order chi connectivity index (χ0) is 24.6. The largest absolute Gasteiger partial charge is 0.497 e. The number of hydrogen-bond acceptors (Lipinski definition) is 5. The van der Waals surface area contributed by atoms with Crippen LogP contribution in [0.15, 0.2) is 47.4 Å². The lowest BCUT2D eigenvalue weighted by Crippen LogP contribution is -2.45. The van der Waals surface area contributed by atoms with Crippen LogP contribution in [-0.4, -0.2) is 30.3 Å². The van der Waals surface area contributed by atoms with Crippen LogP contribution in [0.2, 0.25) is 5.02 Å². The Morgan fingerprint density at radius 2 is 1.79 bits per heavy atom. The van der Waals surface area contributed by atoms with E-state index in [1.54, 1.807) is 31.9 Å². The van der Waals surface area contributed by atoms with E-state index in [4.69, 9.17) is 21.1 Å². The van der Waals surface area contributed by atoms with Gasteiger partial charge in [-0.25, -0.2) is 0 Å². The Morgan fingerprint density at radius 1 is 1.12 bits per heavy atom. The molecule has 0 heterocycles. The first-order valence-corrected chi connectivity index (χ1v) is 12.5. The zero-order valence-corrected chi connectivity index (χ0v) is 21.5. The van der Waals surface area contributed by atoms with Gasteiger partial charge in [0.15, 0.2) is 5.41 Å². The molecule has 33 heavy (non-hydrogen) atoms. The van der Waals surface area contributed by atoms with E-state index in [1.165, 1.54) is 0 Å². The fraction of sp³-hybridized carbons (Fsp3) is 0.462. The number of carbonyl (C=O) groups excluding carboxylic acids is 1. The third-order valence-electron chi connectivity index (χ3n) is 5.51. The summed E-state index contributed by atoms with van der Waals surface area (Å²) >= 11 is 7.83. The molecule has 0 saturated heterocycles. The van der Waals surface area contributed by atoms with Gasteiger partial charge in [-0.3, -0.25) is 9.59 Å². The molecule has 0 amide bonds. The van der Waals surface area contributed by atoms with Crippen LogP contribution in [0.25, 0.3) is 0 Å². The van der Waals surface area contributed by atoms with Crippen LogP contribution >= 0.6 is 23.4 Å². The number of hydrogen-bond donors (Lipinski definition) is 1. The standard InChI is InChI=1S/C26H33ClO5S/c1-6-18(4)32-25(30)26(24(28)29,14-17(2)3)15-20-9-10-21(27)13-23(20)33-16-19-7-11-22(31-5)12-8-19/h7-13,17-18H,6,14-16H2,1-5H3,(H,28,29). The quantitative estimate of drug-likeness (QED) is 0.203. The summed E-state index contributed by atoms with van der Waals surface area (Å²) in [4.78, 5) is 26.6. The predicted octanol–water partition coefficient (Wildman–Crippen LogP) is 6.64. The van der Waals surface area contributed by atoms with Gasteiger partial charge in [0.1, 0.15) is 5.75 Å². The molecular formula is C26H33ClO5S. The predicted molar refractivity (Wildman–Crippen MR) is 133 cm³/mol. The van der Waals surface area contributed by atoms with Crippen molar-refractivity contribution in [2.75, 3.05) is 7.11 Å². The maximum Gasteiger partial charge on any atom is 0.324 e. The minimum Gasteiger partial charge on any atom is -0.497 e. The van der Waals surface area contributed by atoms with E-state index in [0.29, 0.717) is 17.2 Å². The van der Waals surface area contributed by atoms with Crippen LogP contribution in [0.3, 0.4) is 0 Å². The SMILES string of the molecule is CCC(C)OC(=O)C(Cc1ccc(Cl)cc1SCc1ccc(OC)cc1)(CC(C)C)C(=O)O. The van der Waals surface area contributed by atoms with Crippen molar-refractivity contribution >= 4 is 35.3 Å². The van der Waals surface area contributed by atoms with E-state index in [-0.39, 0.29) is 24.9 Å². The smallest absolute Gasteiger partial charge is 0.324 e. The average Bonchev–Trinajstić information content (AvgIpc) is 2.78. The highest BCUT2D eigenvalue weighted by atomic mass is 35.5. The molecule has 0 aliphatic rings. The Balaban J connectivity index is 2.38. The molecule has 2 aromatic carbocycles. The first kappa shape index (κ1) is 27.1. The van der Waals surface area contributed by atoms with Gasteiger partial charge in [-0.2, -0.15) is 0 Å². The summed E-state index contributed by atoms with van der Waals surface area (Å²) in [6.45, 7) is 7.50. The molecule has 2 atom stereocenters. The van der Waals surface area contributed by atoms with Crippen molar-refractivity contribution in [1.29, 1.82) is 0 Å². The minimum absolute atomic E-state index is 0.00622. The van der Waals surface area contributed by atoms with Gasteiger partial charge in [0.25, 0.3) is 0 Å². The Labute approximate surface area is 205 Å². The van der Waals surface area contributed by atoms with Crippen molar-refractivity contribution in [2.45, 2.75) is 63.7 Å². The van der Waals surface area contributed by atoms with Gasteiger partial charge in [0.05, 0.1) is 13.2 Å². The molecule has 180 valence electrons. The Morgan fingerprint density at radius 3 is 2.33 bits per heavy atom. The normalized spacial score (nSPS) is 13.9. The monoisotopic (exact) mass is 492 g/mol. The molecule has 0 aliphatic heterocycles. The van der Waals surface area contributed by atoms with Crippen molar-refractivity contribution in [1.82, 2.24) is 0 Å². The van der Waals surface area contributed by atoms with Gasteiger partial charge in [-0.05, 0) is 61.1 Å². The van der Waals surface area contributed by atoms with Crippen molar-refractivity contribution < 1.29 is 24.2 Å². The molecule has 0 fully saturated rings. The molecule has 5 nitrogen and oxygen atoms in total. The van der Waals surface area contributed by atoms with E-state index in [2.05, 4.69) is 0 Å². The summed E-state index contributed by atoms with van der Waals surface area (Å²) in [5.41, 5.74) is 0.192. The Bertz CT molecular complexity index is 944. The fourth-order valence-corrected chi connectivity index (χ4v) is 4.86. The maximum atomic E-state index is 13.2. The molecule has 2 unspecified atom stereocenters. The zero-order valence-electron chi connectivity index (χ0n) is 19.9. The number of aliphatic carboxylic acids is 1. The first-order chi connectivity index (χ1) is 15.6. The molecule has 2 rings (SSSR count). The van der Waals surface area contributed by atoms with Gasteiger partial charge in [-0.1, -0.05) is 50.6 Å². The molecule has 0 aliphatic carbocycles. The van der Waals surface area contributed by atoms with E-state index in [9.17, 15) is 14.7 Å². The summed E-state index contributed by atoms with van der Waals surface area (Å²) in [5, 5.41) is 10.8. The van der Waals surface area contributed by atoms with E-state index in [0.717, 1.165) is 21.8 Å². The molecule has 0 saturated carbocycles. The lowest BCUT2D eigenvalue weighted by Gasteiger charge is -2.31. The molecule has 0 bridgehead atoms. The molecule has 7 heteroatoms. The average molecular weight is 493 g/mol. The number of carboxylic acid groups (broad SMARTS) is 1. The summed E-state index contributed by atoms with van der Waals surface area (Å²) in [6.07, 6.45) is 0.491. The third kappa shape index (κ3) is 7.41. The number of carbonyl (C=O) groups is 2. The highest BCUT2D eigenvalue weighted by Gasteiger charge is 2.49. The summed E-state index contributed by atoms with van der Waals surface area (Å²) in [5.74, 6) is -0.399. The number of benzene rings is 2. The van der Waals surface area contributed by atoms with Crippen LogP contribution in [0.4, 0.5) is 0 Å². The topological polar surface area (TPSA) is 72.8 Å². The van der Waals surface area contributed by atoms with E-state index in [1.807, 2.05) is 57.2 Å². The summed E-state index contributed by atoms with van der Waals surface area (Å²) < 4.78 is 10.8. The number of ether oxygens (including phenoxy) is 2. The van der Waals surface area contributed by atoms with Gasteiger partial charge in [-0.15, -0.1) is 11.8 Å². The number of carboxylic acids is 1. The molecule has 2 aromatic rings. The number of thioether (sulfide) groups is 1. The summed E-state index contributed by atoms with van der Waals surface area (Å²) in [7, 11) is 1.63. The molecule has 0 aromatic heterocycles. The summed E-state index contributed by atoms with van der Waals surface area (Å²) in [6, 6.07) is 13.1. The lowest BCUT2D eigenvalue weighted by molar-refractivity contribution is -0.173. The molecule has 0 radical (unpaired) electrons. The van der Waals surface area contributed by atoms with Crippen LogP contribution < -0.4 is 4.74 Å². The maximum absolute atomic E-state index is 13.2.